The van der Waals surface area contributed by atoms with E-state index < -0.39 is 0 Å². The molecule has 0 aliphatic carbocycles. The van der Waals surface area contributed by atoms with Gasteiger partial charge in [-0.1, -0.05) is 29.3 Å². The third-order valence-corrected chi connectivity index (χ3v) is 5.45. The number of halogens is 2. The van der Waals surface area contributed by atoms with E-state index in [0.29, 0.717) is 47.6 Å². The van der Waals surface area contributed by atoms with Gasteiger partial charge in [0, 0.05) is 30.4 Å². The van der Waals surface area contributed by atoms with Crippen molar-refractivity contribution >= 4 is 51.7 Å². The zero-order chi connectivity index (χ0) is 20.4. The molecule has 0 bridgehead atoms. The van der Waals surface area contributed by atoms with Crippen molar-refractivity contribution in [2.75, 3.05) is 25.5 Å². The molecule has 2 N–H and O–H groups in total. The van der Waals surface area contributed by atoms with Crippen molar-refractivity contribution in [3.8, 4) is 0 Å². The van der Waals surface area contributed by atoms with E-state index in [1.54, 1.807) is 29.2 Å². The molecule has 150 valence electrons. The summed E-state index contributed by atoms with van der Waals surface area (Å²) in [5.74, 6) is 1.33. The van der Waals surface area contributed by atoms with Crippen LogP contribution in [0.25, 0.3) is 11.1 Å². The van der Waals surface area contributed by atoms with E-state index in [1.165, 1.54) is 6.33 Å². The van der Waals surface area contributed by atoms with Gasteiger partial charge in [-0.25, -0.2) is 9.97 Å². The summed E-state index contributed by atoms with van der Waals surface area (Å²) in [5, 5.41) is 8.01. The van der Waals surface area contributed by atoms with Gasteiger partial charge in [-0.3, -0.25) is 4.79 Å². The van der Waals surface area contributed by atoms with Crippen molar-refractivity contribution < 1.29 is 9.21 Å². The summed E-state index contributed by atoms with van der Waals surface area (Å²) in [4.78, 5) is 22.8. The standard InChI is InChI=1S/C20H19Cl2N5O2/c1-23-7-2-3-17(28)27-8-6-13-16(10-27)29-20-18(13)19(24-11-25-20)26-12-4-5-14(21)15(22)9-12/h2-5,9,11,23H,6-8,10H2,1H3,(H,24,25,26)/b3-2+. The quantitative estimate of drug-likeness (QED) is 0.595. The number of amides is 1. The Kier molecular flexibility index (Phi) is 5.71. The monoisotopic (exact) mass is 431 g/mol. The van der Waals surface area contributed by atoms with Crippen molar-refractivity contribution in [3.05, 3.63) is 58.0 Å². The Morgan fingerprint density at radius 2 is 2.17 bits per heavy atom. The van der Waals surface area contributed by atoms with Crippen LogP contribution >= 0.6 is 23.2 Å². The van der Waals surface area contributed by atoms with Crippen LogP contribution in [0.5, 0.6) is 0 Å². The molecule has 0 unspecified atom stereocenters. The highest BCUT2D eigenvalue weighted by Gasteiger charge is 2.27. The van der Waals surface area contributed by atoms with Crippen molar-refractivity contribution in [1.82, 2.24) is 20.2 Å². The lowest BCUT2D eigenvalue weighted by Gasteiger charge is -2.25. The Morgan fingerprint density at radius 3 is 2.97 bits per heavy atom. The molecule has 1 amide bonds. The molecule has 0 spiro atoms. The van der Waals surface area contributed by atoms with Crippen molar-refractivity contribution in [2.24, 2.45) is 0 Å². The molecule has 29 heavy (non-hydrogen) atoms. The highest BCUT2D eigenvalue weighted by molar-refractivity contribution is 6.42. The first-order valence-electron chi connectivity index (χ1n) is 9.14. The Balaban J connectivity index is 1.62. The second-order valence-electron chi connectivity index (χ2n) is 6.63. The first-order valence-corrected chi connectivity index (χ1v) is 9.89. The maximum absolute atomic E-state index is 12.4. The molecule has 0 atom stereocenters. The minimum Gasteiger partial charge on any atom is -0.440 e. The first-order chi connectivity index (χ1) is 14.1. The minimum absolute atomic E-state index is 0.0356. The van der Waals surface area contributed by atoms with Crippen LogP contribution in [-0.2, 0) is 17.8 Å². The van der Waals surface area contributed by atoms with Crippen molar-refractivity contribution in [1.29, 1.82) is 0 Å². The summed E-state index contributed by atoms with van der Waals surface area (Å²) in [5.41, 5.74) is 2.27. The Hall–Kier alpha value is -2.61. The molecule has 9 heteroatoms. The van der Waals surface area contributed by atoms with Crippen LogP contribution in [0.1, 0.15) is 11.3 Å². The van der Waals surface area contributed by atoms with Gasteiger partial charge in [0.2, 0.25) is 11.6 Å². The molecule has 0 radical (unpaired) electrons. The number of aromatic nitrogens is 2. The van der Waals surface area contributed by atoms with E-state index in [9.17, 15) is 4.79 Å². The summed E-state index contributed by atoms with van der Waals surface area (Å²) < 4.78 is 5.95. The Labute approximate surface area is 177 Å². The van der Waals surface area contributed by atoms with Crippen LogP contribution in [-0.4, -0.2) is 40.9 Å². The number of nitrogens with one attached hydrogen (secondary N) is 2. The smallest absolute Gasteiger partial charge is 0.246 e. The molecule has 0 saturated heterocycles. The number of rotatable bonds is 5. The highest BCUT2D eigenvalue weighted by Crippen LogP contribution is 2.35. The van der Waals surface area contributed by atoms with Crippen LogP contribution in [0.2, 0.25) is 10.0 Å². The third-order valence-electron chi connectivity index (χ3n) is 4.71. The van der Waals surface area contributed by atoms with Gasteiger partial charge in [-0.2, -0.15) is 0 Å². The number of benzene rings is 1. The number of fused-ring (bicyclic) bond motifs is 3. The van der Waals surface area contributed by atoms with Gasteiger partial charge in [-0.15, -0.1) is 0 Å². The number of furan rings is 1. The molecule has 3 heterocycles. The maximum atomic E-state index is 12.4. The Morgan fingerprint density at radius 1 is 1.31 bits per heavy atom. The van der Waals surface area contributed by atoms with Gasteiger partial charge in [0.25, 0.3) is 0 Å². The van der Waals surface area contributed by atoms with E-state index >= 15 is 0 Å². The summed E-state index contributed by atoms with van der Waals surface area (Å²) in [6.07, 6.45) is 5.50. The fraction of sp³-hybridized carbons (Fsp3) is 0.250. The van der Waals surface area contributed by atoms with Crippen LogP contribution in [0.4, 0.5) is 11.5 Å². The topological polar surface area (TPSA) is 83.3 Å². The van der Waals surface area contributed by atoms with Crippen molar-refractivity contribution in [3.63, 3.8) is 0 Å². The lowest BCUT2D eigenvalue weighted by molar-refractivity contribution is -0.127. The molecule has 2 aromatic heterocycles. The molecular weight excluding hydrogens is 413 g/mol. The van der Waals surface area contributed by atoms with E-state index in [-0.39, 0.29) is 5.91 Å². The molecule has 3 aromatic rings. The fourth-order valence-corrected chi connectivity index (χ4v) is 3.60. The van der Waals surface area contributed by atoms with Gasteiger partial charge in [0.05, 0.1) is 22.0 Å². The molecule has 7 nitrogen and oxygen atoms in total. The first kappa shape index (κ1) is 19.7. The zero-order valence-electron chi connectivity index (χ0n) is 15.7. The predicted octanol–water partition coefficient (Wildman–Crippen LogP) is 3.93. The average molecular weight is 432 g/mol. The fourth-order valence-electron chi connectivity index (χ4n) is 3.30. The zero-order valence-corrected chi connectivity index (χ0v) is 17.2. The van der Waals surface area contributed by atoms with E-state index in [0.717, 1.165) is 22.4 Å². The van der Waals surface area contributed by atoms with Crippen LogP contribution in [0, 0.1) is 0 Å². The molecule has 1 aliphatic rings. The van der Waals surface area contributed by atoms with Gasteiger partial charge >= 0.3 is 0 Å². The molecule has 4 rings (SSSR count). The van der Waals surface area contributed by atoms with Crippen LogP contribution in [0.3, 0.4) is 0 Å². The van der Waals surface area contributed by atoms with Gasteiger partial charge in [0.15, 0.2) is 0 Å². The SMILES string of the molecule is CNC/C=C/C(=O)N1CCc2c(oc3ncnc(Nc4ccc(Cl)c(Cl)c4)c23)C1. The van der Waals surface area contributed by atoms with Crippen LogP contribution in [0.15, 0.2) is 41.1 Å². The van der Waals surface area contributed by atoms with E-state index in [2.05, 4.69) is 20.6 Å². The second-order valence-corrected chi connectivity index (χ2v) is 7.44. The molecule has 0 saturated carbocycles. The number of likely N-dealkylation sites (N-methyl/N-ethyl adjacent to an activating group) is 1. The number of hydrogen-bond donors (Lipinski definition) is 2. The number of carbonyl (C=O) groups is 1. The largest absolute Gasteiger partial charge is 0.440 e. The summed E-state index contributed by atoms with van der Waals surface area (Å²) in [6.45, 7) is 1.65. The van der Waals surface area contributed by atoms with Gasteiger partial charge < -0.3 is 20.0 Å². The van der Waals surface area contributed by atoms with E-state index in [1.807, 2.05) is 13.1 Å². The normalized spacial score (nSPS) is 13.8. The predicted molar refractivity (Wildman–Crippen MR) is 114 cm³/mol. The number of hydrogen-bond acceptors (Lipinski definition) is 6. The number of anilines is 2. The lowest BCUT2D eigenvalue weighted by atomic mass is 10.0. The second kappa shape index (κ2) is 8.41. The number of carbonyl (C=O) groups excluding carboxylic acids is 1. The third kappa shape index (κ3) is 4.07. The molecular formula is C20H19Cl2N5O2. The van der Waals surface area contributed by atoms with Gasteiger partial charge in [0.1, 0.15) is 17.9 Å². The van der Waals surface area contributed by atoms with Crippen LogP contribution < -0.4 is 10.6 Å². The van der Waals surface area contributed by atoms with E-state index in [4.69, 9.17) is 27.6 Å². The minimum atomic E-state index is -0.0356. The molecule has 1 aliphatic heterocycles. The van der Waals surface area contributed by atoms with Crippen molar-refractivity contribution in [2.45, 2.75) is 13.0 Å². The summed E-state index contributed by atoms with van der Waals surface area (Å²) in [7, 11) is 1.83. The highest BCUT2D eigenvalue weighted by atomic mass is 35.5. The Bertz CT molecular complexity index is 1100. The summed E-state index contributed by atoms with van der Waals surface area (Å²) >= 11 is 12.1. The molecule has 0 fully saturated rings. The average Bonchev–Trinajstić information content (AvgIpc) is 3.09. The summed E-state index contributed by atoms with van der Waals surface area (Å²) in [6, 6.07) is 5.29. The number of nitrogens with zero attached hydrogens (tertiary/aromatic N) is 3. The maximum Gasteiger partial charge on any atom is 0.246 e. The lowest BCUT2D eigenvalue weighted by Crippen LogP contribution is -2.34. The van der Waals surface area contributed by atoms with Gasteiger partial charge in [-0.05, 0) is 31.7 Å². The molecule has 1 aromatic carbocycles.